The zero-order chi connectivity index (χ0) is 41.3. The quantitative estimate of drug-likeness (QED) is 0.0337. The Morgan fingerprint density at radius 2 is 1.30 bits per heavy atom. The van der Waals surface area contributed by atoms with Crippen LogP contribution in [0.3, 0.4) is 0 Å². The topological polar surface area (TPSA) is 134 Å². The lowest BCUT2D eigenvalue weighted by Gasteiger charge is -2.24. The van der Waals surface area contributed by atoms with Crippen molar-refractivity contribution >= 4 is 17.8 Å². The second kappa shape index (κ2) is 31.9. The van der Waals surface area contributed by atoms with Gasteiger partial charge in [-0.15, -0.1) is 0 Å². The molecular formula is C47H72N2O7. The molecule has 1 rings (SSSR count). The Labute approximate surface area is 338 Å². The summed E-state index contributed by atoms with van der Waals surface area (Å²) in [5.74, 6) is -0.982. The van der Waals surface area contributed by atoms with E-state index in [9.17, 15) is 24.6 Å². The Morgan fingerprint density at radius 3 is 1.86 bits per heavy atom. The van der Waals surface area contributed by atoms with Gasteiger partial charge in [0.05, 0.1) is 32.3 Å². The van der Waals surface area contributed by atoms with Crippen molar-refractivity contribution in [2.24, 2.45) is 17.3 Å². The highest BCUT2D eigenvalue weighted by Gasteiger charge is 2.28. The van der Waals surface area contributed by atoms with Gasteiger partial charge in [0.15, 0.2) is 0 Å². The van der Waals surface area contributed by atoms with Crippen molar-refractivity contribution in [3.63, 3.8) is 0 Å². The number of ether oxygens (including phenoxy) is 2. The summed E-state index contributed by atoms with van der Waals surface area (Å²) in [7, 11) is 0. The summed E-state index contributed by atoms with van der Waals surface area (Å²) >= 11 is 0. The fourth-order valence-corrected chi connectivity index (χ4v) is 5.46. The third kappa shape index (κ3) is 25.0. The van der Waals surface area contributed by atoms with Gasteiger partial charge in [0.1, 0.15) is 5.75 Å². The average Bonchev–Trinajstić information content (AvgIpc) is 3.18. The summed E-state index contributed by atoms with van der Waals surface area (Å²) in [6, 6.07) is 6.10. The number of carbonyl (C=O) groups is 3. The molecule has 1 unspecified atom stereocenters. The van der Waals surface area contributed by atoms with Gasteiger partial charge < -0.3 is 30.3 Å². The molecule has 9 heteroatoms. The molecule has 0 aliphatic rings. The predicted molar refractivity (Wildman–Crippen MR) is 229 cm³/mol. The van der Waals surface area contributed by atoms with Crippen LogP contribution in [-0.2, 0) is 19.1 Å². The average molecular weight is 777 g/mol. The molecule has 1 atom stereocenters. The summed E-state index contributed by atoms with van der Waals surface area (Å²) < 4.78 is 11.4. The Balaban J connectivity index is 2.40. The van der Waals surface area contributed by atoms with Gasteiger partial charge >= 0.3 is 5.97 Å². The van der Waals surface area contributed by atoms with Crippen LogP contribution in [-0.4, -0.2) is 67.5 Å². The third-order valence-electron chi connectivity index (χ3n) is 9.20. The first kappa shape index (κ1) is 49.8. The number of carbonyl (C=O) groups excluding carboxylic acids is 3. The van der Waals surface area contributed by atoms with Crippen LogP contribution in [0.15, 0.2) is 91.1 Å². The molecule has 1 aromatic carbocycles. The van der Waals surface area contributed by atoms with E-state index in [1.165, 1.54) is 0 Å². The molecule has 0 fully saturated rings. The normalized spacial score (nSPS) is 13.0. The van der Waals surface area contributed by atoms with E-state index >= 15 is 0 Å². The minimum atomic E-state index is -0.631. The molecule has 0 aliphatic carbocycles. The number of hydrogen-bond donors (Lipinski definition) is 4. The summed E-state index contributed by atoms with van der Waals surface area (Å²) in [5.41, 5.74) is 1.57. The Kier molecular flexibility index (Phi) is 28.4. The molecule has 312 valence electrons. The van der Waals surface area contributed by atoms with Gasteiger partial charge in [0.2, 0.25) is 11.8 Å². The molecule has 2 amide bonds. The smallest absolute Gasteiger partial charge is 0.309 e. The largest absolute Gasteiger partial charge is 0.493 e. The lowest BCUT2D eigenvalue weighted by Crippen LogP contribution is -2.39. The Morgan fingerprint density at radius 1 is 0.768 bits per heavy atom. The summed E-state index contributed by atoms with van der Waals surface area (Å²) in [5, 5.41) is 24.6. The van der Waals surface area contributed by atoms with E-state index in [0.29, 0.717) is 45.1 Å². The van der Waals surface area contributed by atoms with Gasteiger partial charge in [0, 0.05) is 30.8 Å². The maximum absolute atomic E-state index is 13.1. The van der Waals surface area contributed by atoms with Gasteiger partial charge in [-0.2, -0.15) is 0 Å². The predicted octanol–water partition coefficient (Wildman–Crippen LogP) is 8.74. The van der Waals surface area contributed by atoms with Crippen LogP contribution in [0, 0.1) is 31.1 Å². The van der Waals surface area contributed by atoms with Gasteiger partial charge in [-0.1, -0.05) is 106 Å². The highest BCUT2D eigenvalue weighted by atomic mass is 16.5. The second-order valence-corrected chi connectivity index (χ2v) is 14.8. The van der Waals surface area contributed by atoms with E-state index in [2.05, 4.69) is 84.4 Å². The number of benzene rings is 1. The molecule has 1 aromatic rings. The molecule has 56 heavy (non-hydrogen) atoms. The monoisotopic (exact) mass is 777 g/mol. The van der Waals surface area contributed by atoms with Gasteiger partial charge in [-0.05, 0) is 102 Å². The summed E-state index contributed by atoms with van der Waals surface area (Å²) in [6.07, 6.45) is 34.4. The lowest BCUT2D eigenvalue weighted by molar-refractivity contribution is -0.151. The fraction of sp³-hybridized carbons (Fsp3) is 0.553. The van der Waals surface area contributed by atoms with Crippen molar-refractivity contribution in [2.45, 2.75) is 112 Å². The maximum Gasteiger partial charge on any atom is 0.309 e. The van der Waals surface area contributed by atoms with Crippen molar-refractivity contribution in [1.82, 2.24) is 10.6 Å². The van der Waals surface area contributed by atoms with Crippen LogP contribution in [0.2, 0.25) is 0 Å². The molecule has 4 N–H and O–H groups in total. The highest BCUT2D eigenvalue weighted by molar-refractivity contribution is 5.81. The number of aliphatic hydroxyl groups excluding tert-OH is 2. The molecule has 0 radical (unpaired) electrons. The highest BCUT2D eigenvalue weighted by Crippen LogP contribution is 2.24. The first-order chi connectivity index (χ1) is 27.0. The van der Waals surface area contributed by atoms with Crippen molar-refractivity contribution in [3.05, 3.63) is 102 Å². The molecular weight excluding hydrogens is 705 g/mol. The number of aliphatic hydroxyl groups is 2. The minimum absolute atomic E-state index is 0.103. The number of rotatable bonds is 31. The third-order valence-corrected chi connectivity index (χ3v) is 9.20. The first-order valence-electron chi connectivity index (χ1n) is 20.6. The van der Waals surface area contributed by atoms with Crippen molar-refractivity contribution < 1.29 is 34.1 Å². The van der Waals surface area contributed by atoms with Crippen LogP contribution in [0.25, 0.3) is 0 Å². The Hall–Kier alpha value is -4.21. The molecule has 0 aliphatic heterocycles. The molecule has 0 aromatic heterocycles. The van der Waals surface area contributed by atoms with Crippen LogP contribution >= 0.6 is 0 Å². The van der Waals surface area contributed by atoms with Gasteiger partial charge in [-0.25, -0.2) is 0 Å². The molecule has 0 saturated heterocycles. The first-order valence-corrected chi connectivity index (χ1v) is 20.6. The van der Waals surface area contributed by atoms with Crippen LogP contribution < -0.4 is 15.4 Å². The van der Waals surface area contributed by atoms with E-state index in [1.54, 1.807) is 0 Å². The van der Waals surface area contributed by atoms with Crippen molar-refractivity contribution in [1.29, 1.82) is 0 Å². The maximum atomic E-state index is 13.1. The molecule has 0 spiro atoms. The van der Waals surface area contributed by atoms with Gasteiger partial charge in [-0.3, -0.25) is 14.4 Å². The van der Waals surface area contributed by atoms with E-state index in [1.807, 2.05) is 52.0 Å². The summed E-state index contributed by atoms with van der Waals surface area (Å²) in [6.45, 7) is 10.3. The van der Waals surface area contributed by atoms with E-state index in [4.69, 9.17) is 9.47 Å². The number of nitrogens with one attached hydrogen (secondary N) is 2. The number of hydrogen-bond acceptors (Lipinski definition) is 7. The van der Waals surface area contributed by atoms with E-state index in [-0.39, 0.29) is 44.7 Å². The zero-order valence-electron chi connectivity index (χ0n) is 35.0. The lowest BCUT2D eigenvalue weighted by atomic mass is 9.86. The van der Waals surface area contributed by atoms with Crippen molar-refractivity contribution in [3.8, 4) is 5.75 Å². The zero-order valence-corrected chi connectivity index (χ0v) is 35.0. The standard InChI is InChI=1S/C47H72N2O7/c1-6-7-8-9-10-11-12-13-14-15-16-17-18-19-20-21-22-23-24-26-44(52)48-32-29-42(45(53)56-38-41(36-50)37-51)30-33-49-46(54)47(4,5)31-25-34-55-43-35-39(2)27-28-40(43)3/h7-8,10-11,13-14,16-17,19-20,22-23,27-28,35,41-42,50-51H,6,9,12,15,18,21,24-26,29-34,36-38H2,1-5H3,(H,48,52)(H,49,54)/b8-7-,11-10-,14-13-,17-16-,20-19-,23-22-. The number of aryl methyl sites for hydroxylation is 2. The minimum Gasteiger partial charge on any atom is -0.493 e. The number of amides is 2. The van der Waals surface area contributed by atoms with Crippen LogP contribution in [0.1, 0.15) is 109 Å². The molecule has 0 bridgehead atoms. The van der Waals surface area contributed by atoms with Gasteiger partial charge in [0.25, 0.3) is 0 Å². The molecule has 9 nitrogen and oxygen atoms in total. The van der Waals surface area contributed by atoms with Crippen molar-refractivity contribution in [2.75, 3.05) is 39.5 Å². The number of esters is 1. The van der Waals surface area contributed by atoms with E-state index in [0.717, 1.165) is 55.4 Å². The number of allylic oxidation sites excluding steroid dienone is 12. The Bertz CT molecular complexity index is 1420. The SMILES string of the molecule is CC/C=C\C/C=C\C/C=C\C/C=C\C/C=C\C/C=C\CCC(=O)NCCC(CCNC(=O)C(C)(C)CCCOc1cc(C)ccc1C)C(=O)OCC(CO)CO. The fourth-order valence-electron chi connectivity index (χ4n) is 5.46. The second-order valence-electron chi connectivity index (χ2n) is 14.8. The van der Waals surface area contributed by atoms with E-state index < -0.39 is 23.2 Å². The van der Waals surface area contributed by atoms with Crippen LogP contribution in [0.4, 0.5) is 0 Å². The summed E-state index contributed by atoms with van der Waals surface area (Å²) in [4.78, 5) is 38.5. The molecule has 0 heterocycles. The van der Waals surface area contributed by atoms with Crippen LogP contribution in [0.5, 0.6) is 5.75 Å². The molecule has 0 saturated carbocycles.